The minimum absolute atomic E-state index is 0.119. The zero-order valence-corrected chi connectivity index (χ0v) is 11.0. The van der Waals surface area contributed by atoms with Crippen molar-refractivity contribution >= 4 is 0 Å². The Morgan fingerprint density at radius 2 is 2.06 bits per heavy atom. The fourth-order valence-corrected chi connectivity index (χ4v) is 2.14. The van der Waals surface area contributed by atoms with Crippen LogP contribution in [0.25, 0.3) is 0 Å². The smallest absolute Gasteiger partial charge is 0.0446 e. The lowest BCUT2D eigenvalue weighted by atomic mass is 9.82. The Kier molecular flexibility index (Phi) is 3.98. The number of hydrogen-bond donors (Lipinski definition) is 1. The summed E-state index contributed by atoms with van der Waals surface area (Å²) in [5.74, 6) is 8.61. The van der Waals surface area contributed by atoms with Crippen LogP contribution in [0.5, 0.6) is 0 Å². The van der Waals surface area contributed by atoms with Crippen LogP contribution in [-0.4, -0.2) is 5.01 Å². The van der Waals surface area contributed by atoms with E-state index in [-0.39, 0.29) is 5.41 Å². The Balaban J connectivity index is 3.25. The molecule has 0 aromatic rings. The Labute approximate surface area is 104 Å². The van der Waals surface area contributed by atoms with Gasteiger partial charge in [0.15, 0.2) is 0 Å². The Hall–Kier alpha value is -1.72. The van der Waals surface area contributed by atoms with Crippen molar-refractivity contribution in [1.29, 1.82) is 0 Å². The van der Waals surface area contributed by atoms with Crippen LogP contribution in [-0.2, 0) is 0 Å². The van der Waals surface area contributed by atoms with Crippen LogP contribution in [0.1, 0.15) is 27.7 Å². The molecule has 1 rings (SSSR count). The highest BCUT2D eigenvalue weighted by Crippen LogP contribution is 2.45. The van der Waals surface area contributed by atoms with Crippen LogP contribution in [0.2, 0.25) is 0 Å². The van der Waals surface area contributed by atoms with Gasteiger partial charge in [0.2, 0.25) is 0 Å². The lowest BCUT2D eigenvalue weighted by Crippen LogP contribution is -2.28. The van der Waals surface area contributed by atoms with Gasteiger partial charge >= 0.3 is 0 Å². The van der Waals surface area contributed by atoms with E-state index >= 15 is 0 Å². The van der Waals surface area contributed by atoms with Crippen molar-refractivity contribution in [3.8, 4) is 12.3 Å². The molecule has 2 heteroatoms. The van der Waals surface area contributed by atoms with Gasteiger partial charge in [0, 0.05) is 16.8 Å². The van der Waals surface area contributed by atoms with Gasteiger partial charge in [-0.2, -0.15) is 0 Å². The quantitative estimate of drug-likeness (QED) is 0.581. The molecule has 1 heterocycles. The van der Waals surface area contributed by atoms with E-state index in [0.29, 0.717) is 0 Å². The van der Waals surface area contributed by atoms with E-state index in [0.717, 1.165) is 17.0 Å². The first-order valence-corrected chi connectivity index (χ1v) is 5.69. The van der Waals surface area contributed by atoms with Crippen LogP contribution < -0.4 is 5.84 Å². The Bertz CT molecular complexity index is 454. The van der Waals surface area contributed by atoms with Gasteiger partial charge in [0.05, 0.1) is 0 Å². The SMILES string of the molecule is C#C/C=C\C1=C(C)N(N)C(=CC=CC)C1(C)C. The standard InChI is InChI=1S/C15H20N2/c1-6-8-10-13-12(3)17(16)14(11-9-7-2)15(13,4)5/h1,7-11H,16H2,2-5H3/b9-7?,10-8-,14-11?. The van der Waals surface area contributed by atoms with Crippen LogP contribution in [0.4, 0.5) is 0 Å². The van der Waals surface area contributed by atoms with E-state index in [4.69, 9.17) is 12.3 Å². The van der Waals surface area contributed by atoms with Crippen molar-refractivity contribution in [3.05, 3.63) is 47.3 Å². The molecule has 0 saturated carbocycles. The summed E-state index contributed by atoms with van der Waals surface area (Å²) >= 11 is 0. The number of nitrogens with zero attached hydrogens (tertiary/aromatic N) is 1. The highest BCUT2D eigenvalue weighted by atomic mass is 15.4. The molecule has 0 saturated heterocycles. The molecule has 0 radical (unpaired) electrons. The van der Waals surface area contributed by atoms with Gasteiger partial charge in [-0.3, -0.25) is 5.01 Å². The number of allylic oxidation sites excluding steroid dienone is 7. The molecule has 0 bridgehead atoms. The first-order chi connectivity index (χ1) is 7.96. The molecule has 0 atom stereocenters. The lowest BCUT2D eigenvalue weighted by molar-refractivity contribution is 0.399. The summed E-state index contributed by atoms with van der Waals surface area (Å²) in [4.78, 5) is 0. The van der Waals surface area contributed by atoms with Crippen LogP contribution in [0.3, 0.4) is 0 Å². The predicted octanol–water partition coefficient (Wildman–Crippen LogP) is 3.13. The van der Waals surface area contributed by atoms with Crippen LogP contribution in [0, 0.1) is 17.8 Å². The third kappa shape index (κ3) is 2.35. The molecule has 90 valence electrons. The topological polar surface area (TPSA) is 29.3 Å². The lowest BCUT2D eigenvalue weighted by Gasteiger charge is -2.25. The maximum Gasteiger partial charge on any atom is 0.0446 e. The largest absolute Gasteiger partial charge is 0.287 e. The monoisotopic (exact) mass is 228 g/mol. The zero-order valence-electron chi connectivity index (χ0n) is 11.0. The second-order valence-electron chi connectivity index (χ2n) is 4.57. The molecule has 0 aromatic carbocycles. The second kappa shape index (κ2) is 5.07. The molecular formula is C15H20N2. The van der Waals surface area contributed by atoms with Gasteiger partial charge in [0.25, 0.3) is 0 Å². The van der Waals surface area contributed by atoms with E-state index in [1.165, 1.54) is 0 Å². The third-order valence-corrected chi connectivity index (χ3v) is 3.12. The van der Waals surface area contributed by atoms with Crippen LogP contribution in [0.15, 0.2) is 47.3 Å². The predicted molar refractivity (Wildman–Crippen MR) is 73.4 cm³/mol. The molecule has 2 nitrogen and oxygen atoms in total. The molecule has 0 unspecified atom stereocenters. The van der Waals surface area contributed by atoms with Crippen molar-refractivity contribution in [2.45, 2.75) is 27.7 Å². The Morgan fingerprint density at radius 3 is 2.59 bits per heavy atom. The molecular weight excluding hydrogens is 208 g/mol. The summed E-state index contributed by atoms with van der Waals surface area (Å²) in [6.07, 6.45) is 15.0. The first-order valence-electron chi connectivity index (χ1n) is 5.69. The second-order valence-corrected chi connectivity index (χ2v) is 4.57. The molecule has 0 fully saturated rings. The molecule has 17 heavy (non-hydrogen) atoms. The molecule has 0 aliphatic carbocycles. The van der Waals surface area contributed by atoms with Crippen molar-refractivity contribution in [3.63, 3.8) is 0 Å². The molecule has 0 amide bonds. The molecule has 0 aromatic heterocycles. The van der Waals surface area contributed by atoms with Crippen LogP contribution >= 0.6 is 0 Å². The van der Waals surface area contributed by atoms with E-state index in [2.05, 4.69) is 19.8 Å². The minimum atomic E-state index is -0.119. The van der Waals surface area contributed by atoms with Gasteiger partial charge in [0.1, 0.15) is 0 Å². The van der Waals surface area contributed by atoms with Crippen molar-refractivity contribution in [1.82, 2.24) is 5.01 Å². The third-order valence-electron chi connectivity index (χ3n) is 3.12. The average Bonchev–Trinajstić information content (AvgIpc) is 2.43. The molecule has 2 N–H and O–H groups in total. The van der Waals surface area contributed by atoms with Gasteiger partial charge in [-0.1, -0.05) is 31.9 Å². The fraction of sp³-hybridized carbons (Fsp3) is 0.333. The Morgan fingerprint density at radius 1 is 1.41 bits per heavy atom. The van der Waals surface area contributed by atoms with Gasteiger partial charge < -0.3 is 0 Å². The summed E-state index contributed by atoms with van der Waals surface area (Å²) in [6, 6.07) is 0. The summed E-state index contributed by atoms with van der Waals surface area (Å²) in [5.41, 5.74) is 3.15. The van der Waals surface area contributed by atoms with Crippen molar-refractivity contribution in [2.24, 2.45) is 11.3 Å². The summed E-state index contributed by atoms with van der Waals surface area (Å²) in [6.45, 7) is 8.29. The average molecular weight is 228 g/mol. The van der Waals surface area contributed by atoms with E-state index < -0.39 is 0 Å². The summed E-state index contributed by atoms with van der Waals surface area (Å²) in [7, 11) is 0. The molecule has 1 aliphatic heterocycles. The van der Waals surface area contributed by atoms with Crippen molar-refractivity contribution in [2.75, 3.05) is 0 Å². The number of nitrogens with two attached hydrogens (primary N) is 1. The molecule has 0 spiro atoms. The zero-order chi connectivity index (χ0) is 13.1. The number of terminal acetylenes is 1. The van der Waals surface area contributed by atoms with Crippen molar-refractivity contribution < 1.29 is 0 Å². The highest BCUT2D eigenvalue weighted by Gasteiger charge is 2.37. The number of hydrazine groups is 1. The van der Waals surface area contributed by atoms with Gasteiger partial charge in [-0.25, -0.2) is 5.84 Å². The number of rotatable bonds is 2. The van der Waals surface area contributed by atoms with Gasteiger partial charge in [-0.15, -0.1) is 6.42 Å². The molecule has 1 aliphatic rings. The number of hydrogen-bond acceptors (Lipinski definition) is 2. The maximum absolute atomic E-state index is 6.09. The highest BCUT2D eigenvalue weighted by molar-refractivity contribution is 5.46. The van der Waals surface area contributed by atoms with E-state index in [9.17, 15) is 0 Å². The van der Waals surface area contributed by atoms with E-state index in [1.54, 1.807) is 11.1 Å². The summed E-state index contributed by atoms with van der Waals surface area (Å²) < 4.78 is 0. The van der Waals surface area contributed by atoms with Gasteiger partial charge in [-0.05, 0) is 37.6 Å². The minimum Gasteiger partial charge on any atom is -0.287 e. The summed E-state index contributed by atoms with van der Waals surface area (Å²) in [5, 5.41) is 1.73. The normalized spacial score (nSPS) is 22.1. The van der Waals surface area contributed by atoms with E-state index in [1.807, 2.05) is 38.2 Å². The fourth-order valence-electron chi connectivity index (χ4n) is 2.14. The first kappa shape index (κ1) is 13.3. The maximum atomic E-state index is 6.09.